The van der Waals surface area contributed by atoms with Gasteiger partial charge in [-0.25, -0.2) is 0 Å². The second-order valence-electron chi connectivity index (χ2n) is 9.70. The Kier molecular flexibility index (Phi) is 9.40. The van der Waals surface area contributed by atoms with E-state index in [1.165, 1.54) is 0 Å². The monoisotopic (exact) mass is 486 g/mol. The van der Waals surface area contributed by atoms with Gasteiger partial charge in [-0.1, -0.05) is 92.9 Å². The highest BCUT2D eigenvalue weighted by Gasteiger charge is 2.20. The van der Waals surface area contributed by atoms with Crippen molar-refractivity contribution in [3.63, 3.8) is 0 Å². The average molecular weight is 487 g/mol. The predicted octanol–water partition coefficient (Wildman–Crippen LogP) is 7.39. The molecule has 0 saturated heterocycles. The third kappa shape index (κ3) is 7.34. The lowest BCUT2D eigenvalue weighted by atomic mass is 9.93. The fourth-order valence-corrected chi connectivity index (χ4v) is 4.74. The van der Waals surface area contributed by atoms with Crippen LogP contribution in [-0.4, -0.2) is 17.0 Å². The number of nitrogens with zero attached hydrogens (tertiary/aromatic N) is 1. The second kappa shape index (κ2) is 13.1. The van der Waals surface area contributed by atoms with Gasteiger partial charge in [0.05, 0.1) is 0 Å². The molecule has 1 amide bonds. The van der Waals surface area contributed by atoms with Crippen molar-refractivity contribution in [3.05, 3.63) is 101 Å². The van der Waals surface area contributed by atoms with Crippen molar-refractivity contribution in [2.24, 2.45) is 0 Å². The van der Waals surface area contributed by atoms with Gasteiger partial charge < -0.3 is 19.7 Å². The Bertz CT molecular complexity index is 1080. The van der Waals surface area contributed by atoms with Gasteiger partial charge in [0.15, 0.2) is 0 Å². The zero-order chi connectivity index (χ0) is 25.2. The molecule has 0 aromatic heterocycles. The number of ether oxygens (including phenoxy) is 2. The molecular formula is C31H36NO4-. The first-order valence-electron chi connectivity index (χ1n) is 13.1. The molecule has 3 aromatic carbocycles. The van der Waals surface area contributed by atoms with E-state index in [1.807, 2.05) is 78.9 Å². The fourth-order valence-electron chi connectivity index (χ4n) is 4.74. The number of hydrogen-bond donors (Lipinski definition) is 0. The number of carbonyl (C=O) groups is 1. The summed E-state index contributed by atoms with van der Waals surface area (Å²) in [4.78, 5) is 12.6. The van der Waals surface area contributed by atoms with Crippen molar-refractivity contribution in [1.29, 1.82) is 0 Å². The van der Waals surface area contributed by atoms with E-state index in [1.54, 1.807) is 0 Å². The molecule has 0 bridgehead atoms. The van der Waals surface area contributed by atoms with Gasteiger partial charge in [-0.2, -0.15) is 0 Å². The summed E-state index contributed by atoms with van der Waals surface area (Å²) in [6.07, 6.45) is 5.72. The quantitative estimate of drug-likeness (QED) is 0.265. The van der Waals surface area contributed by atoms with Crippen LogP contribution in [0.25, 0.3) is 0 Å². The third-order valence-corrected chi connectivity index (χ3v) is 6.94. The van der Waals surface area contributed by atoms with Gasteiger partial charge in [-0.05, 0) is 47.9 Å². The molecule has 1 saturated carbocycles. The van der Waals surface area contributed by atoms with E-state index in [9.17, 15) is 10.0 Å². The summed E-state index contributed by atoms with van der Waals surface area (Å²) in [6.45, 7) is 3.00. The van der Waals surface area contributed by atoms with Crippen LogP contribution in [0.1, 0.15) is 74.5 Å². The Morgan fingerprint density at radius 3 is 2.14 bits per heavy atom. The lowest BCUT2D eigenvalue weighted by molar-refractivity contribution is -0.131. The van der Waals surface area contributed by atoms with E-state index in [4.69, 9.17) is 9.47 Å². The van der Waals surface area contributed by atoms with E-state index >= 15 is 0 Å². The van der Waals surface area contributed by atoms with Crippen LogP contribution in [0.2, 0.25) is 0 Å². The molecule has 0 aliphatic heterocycles. The summed E-state index contributed by atoms with van der Waals surface area (Å²) < 4.78 is 12.3. The normalized spacial score (nSPS) is 14.7. The summed E-state index contributed by atoms with van der Waals surface area (Å²) in [6, 6.07) is 25.8. The van der Waals surface area contributed by atoms with Crippen LogP contribution in [0.4, 0.5) is 0 Å². The molecule has 190 valence electrons. The van der Waals surface area contributed by atoms with Crippen LogP contribution < -0.4 is 9.47 Å². The van der Waals surface area contributed by atoms with E-state index in [0.717, 1.165) is 65.4 Å². The molecule has 1 aliphatic carbocycles. The lowest BCUT2D eigenvalue weighted by Crippen LogP contribution is -2.36. The third-order valence-electron chi connectivity index (χ3n) is 6.94. The molecule has 1 unspecified atom stereocenters. The summed E-state index contributed by atoms with van der Waals surface area (Å²) in [5, 5.41) is 13.3. The molecule has 0 N–H and O–H groups in total. The van der Waals surface area contributed by atoms with E-state index in [0.29, 0.717) is 19.6 Å². The number of hydroxylamine groups is 2. The summed E-state index contributed by atoms with van der Waals surface area (Å²) in [7, 11) is 0. The van der Waals surface area contributed by atoms with E-state index in [2.05, 4.69) is 6.92 Å². The maximum absolute atomic E-state index is 12.6. The van der Waals surface area contributed by atoms with Crippen LogP contribution in [0.3, 0.4) is 0 Å². The van der Waals surface area contributed by atoms with Gasteiger partial charge in [0.1, 0.15) is 24.7 Å². The molecule has 1 atom stereocenters. The number of carbonyl (C=O) groups excluding carboxylic acids is 1. The van der Waals surface area contributed by atoms with Crippen LogP contribution >= 0.6 is 0 Å². The lowest BCUT2D eigenvalue weighted by Gasteiger charge is -2.39. The SMILES string of the molecule is CC(CCC(=O)N([O-])C1CCCCC1)c1ccc(OCc2ccccc2)cc1OCc1ccccc1. The van der Waals surface area contributed by atoms with Crippen molar-refractivity contribution in [2.75, 3.05) is 0 Å². The molecule has 5 heteroatoms. The first kappa shape index (κ1) is 25.8. The molecule has 5 nitrogen and oxygen atoms in total. The standard InChI is InChI=1S/C31H36NO4/c1-24(17-20-31(33)32(34)27-15-9-4-10-16-27)29-19-18-28(35-22-25-11-5-2-6-12-25)21-30(29)36-23-26-13-7-3-8-14-26/h2-3,5-8,11-14,18-19,21,24,27H,4,9-10,15-17,20,22-23H2,1H3/q-1. The zero-order valence-electron chi connectivity index (χ0n) is 21.1. The van der Waals surface area contributed by atoms with Gasteiger partial charge in [-0.15, -0.1) is 0 Å². The smallest absolute Gasteiger partial charge is 0.212 e. The molecule has 0 heterocycles. The number of amides is 1. The van der Waals surface area contributed by atoms with E-state index < -0.39 is 0 Å². The Morgan fingerprint density at radius 1 is 0.889 bits per heavy atom. The number of benzene rings is 3. The van der Waals surface area contributed by atoms with Gasteiger partial charge in [0.25, 0.3) is 0 Å². The van der Waals surface area contributed by atoms with Crippen molar-refractivity contribution in [3.8, 4) is 11.5 Å². The first-order chi connectivity index (χ1) is 17.6. The number of rotatable bonds is 11. The van der Waals surface area contributed by atoms with Crippen molar-refractivity contribution in [1.82, 2.24) is 5.06 Å². The molecule has 36 heavy (non-hydrogen) atoms. The van der Waals surface area contributed by atoms with Crippen molar-refractivity contribution >= 4 is 5.91 Å². The van der Waals surface area contributed by atoms with Crippen molar-refractivity contribution in [2.45, 2.75) is 77.0 Å². The minimum atomic E-state index is -0.302. The Balaban J connectivity index is 1.42. The topological polar surface area (TPSA) is 61.8 Å². The summed E-state index contributed by atoms with van der Waals surface area (Å²) >= 11 is 0. The maximum atomic E-state index is 12.6. The van der Waals surface area contributed by atoms with Crippen LogP contribution in [0, 0.1) is 5.21 Å². The maximum Gasteiger partial charge on any atom is 0.212 e. The Morgan fingerprint density at radius 2 is 1.50 bits per heavy atom. The zero-order valence-corrected chi connectivity index (χ0v) is 21.1. The summed E-state index contributed by atoms with van der Waals surface area (Å²) in [5.74, 6) is 1.23. The van der Waals surface area contributed by atoms with Gasteiger partial charge >= 0.3 is 0 Å². The minimum Gasteiger partial charge on any atom is -0.756 e. The van der Waals surface area contributed by atoms with Gasteiger partial charge in [0, 0.05) is 18.5 Å². The molecule has 1 aliphatic rings. The van der Waals surface area contributed by atoms with Gasteiger partial charge in [-0.3, -0.25) is 4.79 Å². The predicted molar refractivity (Wildman–Crippen MR) is 143 cm³/mol. The molecule has 4 rings (SSSR count). The Labute approximate surface area is 214 Å². The highest BCUT2D eigenvalue weighted by atomic mass is 16.5. The molecular weight excluding hydrogens is 450 g/mol. The summed E-state index contributed by atoms with van der Waals surface area (Å²) in [5.41, 5.74) is 3.19. The second-order valence-corrected chi connectivity index (χ2v) is 9.70. The van der Waals surface area contributed by atoms with Crippen LogP contribution in [0.5, 0.6) is 11.5 Å². The molecule has 0 spiro atoms. The first-order valence-corrected chi connectivity index (χ1v) is 13.1. The molecule has 3 aromatic rings. The molecule has 0 radical (unpaired) electrons. The fraction of sp³-hybridized carbons (Fsp3) is 0.387. The van der Waals surface area contributed by atoms with Crippen LogP contribution in [-0.2, 0) is 18.0 Å². The number of hydrogen-bond acceptors (Lipinski definition) is 4. The average Bonchev–Trinajstić information content (AvgIpc) is 2.94. The molecule has 1 fully saturated rings. The van der Waals surface area contributed by atoms with Crippen LogP contribution in [0.15, 0.2) is 78.9 Å². The highest BCUT2D eigenvalue weighted by Crippen LogP contribution is 2.34. The largest absolute Gasteiger partial charge is 0.756 e. The van der Waals surface area contributed by atoms with E-state index in [-0.39, 0.29) is 24.3 Å². The Hall–Kier alpha value is -3.31. The van der Waals surface area contributed by atoms with Crippen molar-refractivity contribution < 1.29 is 14.3 Å². The minimum absolute atomic E-state index is 0.0580. The van der Waals surface area contributed by atoms with Gasteiger partial charge in [0.2, 0.25) is 5.91 Å². The highest BCUT2D eigenvalue weighted by molar-refractivity contribution is 5.77.